The summed E-state index contributed by atoms with van der Waals surface area (Å²) in [5.74, 6) is 1.75. The average Bonchev–Trinajstić information content (AvgIpc) is 3.22. The molecule has 0 bridgehead atoms. The summed E-state index contributed by atoms with van der Waals surface area (Å²) < 4.78 is 0. The fourth-order valence-corrected chi connectivity index (χ4v) is 5.03. The monoisotopic (exact) mass is 406 g/mol. The topological polar surface area (TPSA) is 99.9 Å². The summed E-state index contributed by atoms with van der Waals surface area (Å²) in [5.41, 5.74) is 10.2. The van der Waals surface area contributed by atoms with Crippen molar-refractivity contribution in [3.63, 3.8) is 0 Å². The number of aromatic nitrogens is 5. The number of nitrogens with zero attached hydrogens (tertiary/aromatic N) is 6. The van der Waals surface area contributed by atoms with Crippen molar-refractivity contribution in [3.05, 3.63) is 30.2 Å². The van der Waals surface area contributed by atoms with Gasteiger partial charge in [0.05, 0.1) is 17.6 Å². The number of nitrogens with one attached hydrogen (secondary N) is 1. The van der Waals surface area contributed by atoms with Gasteiger partial charge in [0.1, 0.15) is 5.82 Å². The minimum Gasteiger partial charge on any atom is -0.355 e. The SMILES string of the molecule is CCCC1(CN)CCN(c2cnc3c(N4CCCc5ncccc54)n[nH]c3n2)CC1. The Morgan fingerprint density at radius 1 is 1.20 bits per heavy atom. The van der Waals surface area contributed by atoms with Gasteiger partial charge in [0.25, 0.3) is 0 Å². The molecule has 0 spiro atoms. The Morgan fingerprint density at radius 3 is 2.87 bits per heavy atom. The molecule has 3 aromatic rings. The molecule has 0 unspecified atom stereocenters. The largest absolute Gasteiger partial charge is 0.355 e. The number of pyridine rings is 1. The molecule has 0 saturated carbocycles. The highest BCUT2D eigenvalue weighted by atomic mass is 15.3. The number of piperidine rings is 1. The number of aryl methyl sites for hydroxylation is 1. The van der Waals surface area contributed by atoms with Crippen LogP contribution in [0.15, 0.2) is 24.5 Å². The lowest BCUT2D eigenvalue weighted by Gasteiger charge is -2.41. The summed E-state index contributed by atoms with van der Waals surface area (Å²) >= 11 is 0. The van der Waals surface area contributed by atoms with Crippen LogP contribution in [-0.4, -0.2) is 51.3 Å². The van der Waals surface area contributed by atoms with E-state index < -0.39 is 0 Å². The van der Waals surface area contributed by atoms with E-state index in [1.54, 1.807) is 0 Å². The number of H-pyrrole nitrogens is 1. The standard InChI is InChI=1S/C22H30N8/c1-2-7-22(15-23)8-12-29(13-9-22)18-14-25-19-20(26-18)27-28-21(19)30-11-4-5-16-17(30)6-3-10-24-16/h3,6,10,14H,2,4-5,7-9,11-13,15,23H2,1H3,(H,26,27,28). The zero-order valence-corrected chi connectivity index (χ0v) is 17.6. The third kappa shape index (κ3) is 3.29. The molecule has 0 aliphatic carbocycles. The van der Waals surface area contributed by atoms with E-state index in [0.717, 1.165) is 86.0 Å². The number of hydrogen-bond donors (Lipinski definition) is 2. The first-order valence-corrected chi connectivity index (χ1v) is 11.1. The van der Waals surface area contributed by atoms with E-state index in [4.69, 9.17) is 15.7 Å². The molecular formula is C22H30N8. The Balaban J connectivity index is 1.39. The highest BCUT2D eigenvalue weighted by molar-refractivity contribution is 5.87. The first kappa shape index (κ1) is 19.2. The lowest BCUT2D eigenvalue weighted by molar-refractivity contribution is 0.207. The molecule has 5 heterocycles. The van der Waals surface area contributed by atoms with Crippen molar-refractivity contribution >= 4 is 28.5 Å². The van der Waals surface area contributed by atoms with E-state index in [1.165, 1.54) is 12.8 Å². The van der Waals surface area contributed by atoms with Gasteiger partial charge in [0.15, 0.2) is 17.0 Å². The molecule has 8 nitrogen and oxygen atoms in total. The van der Waals surface area contributed by atoms with Crippen molar-refractivity contribution in [2.24, 2.45) is 11.1 Å². The minimum atomic E-state index is 0.291. The number of fused-ring (bicyclic) bond motifs is 2. The van der Waals surface area contributed by atoms with Crippen LogP contribution >= 0.6 is 0 Å². The smallest absolute Gasteiger partial charge is 0.183 e. The first-order chi connectivity index (χ1) is 14.7. The van der Waals surface area contributed by atoms with Crippen LogP contribution in [0.3, 0.4) is 0 Å². The average molecular weight is 407 g/mol. The number of hydrogen-bond acceptors (Lipinski definition) is 7. The van der Waals surface area contributed by atoms with Gasteiger partial charge in [-0.1, -0.05) is 13.3 Å². The van der Waals surface area contributed by atoms with E-state index in [2.05, 4.69) is 38.0 Å². The van der Waals surface area contributed by atoms with Gasteiger partial charge in [-0.3, -0.25) is 10.1 Å². The molecule has 0 radical (unpaired) electrons. The molecule has 30 heavy (non-hydrogen) atoms. The summed E-state index contributed by atoms with van der Waals surface area (Å²) in [4.78, 5) is 18.7. The van der Waals surface area contributed by atoms with E-state index in [1.807, 2.05) is 18.5 Å². The number of nitrogens with two attached hydrogens (primary N) is 1. The van der Waals surface area contributed by atoms with Crippen molar-refractivity contribution in [3.8, 4) is 0 Å². The molecule has 3 aromatic heterocycles. The van der Waals surface area contributed by atoms with Gasteiger partial charge in [-0.25, -0.2) is 9.97 Å². The Labute approximate surface area is 176 Å². The highest BCUT2D eigenvalue weighted by Gasteiger charge is 2.33. The maximum absolute atomic E-state index is 6.12. The normalized spacial score (nSPS) is 18.6. The van der Waals surface area contributed by atoms with Crippen molar-refractivity contribution in [2.75, 3.05) is 36.0 Å². The maximum atomic E-state index is 6.12. The second-order valence-corrected chi connectivity index (χ2v) is 8.64. The van der Waals surface area contributed by atoms with Gasteiger partial charge >= 0.3 is 0 Å². The summed E-state index contributed by atoms with van der Waals surface area (Å²) in [6.07, 6.45) is 10.4. The van der Waals surface area contributed by atoms with Crippen molar-refractivity contribution < 1.29 is 0 Å². The third-order valence-corrected chi connectivity index (χ3v) is 6.81. The van der Waals surface area contributed by atoms with Crippen molar-refractivity contribution in [2.45, 2.75) is 45.4 Å². The second kappa shape index (κ2) is 7.83. The number of aromatic amines is 1. The summed E-state index contributed by atoms with van der Waals surface area (Å²) in [6.45, 7) is 5.88. The molecule has 1 saturated heterocycles. The predicted molar refractivity (Wildman–Crippen MR) is 119 cm³/mol. The molecule has 2 aliphatic heterocycles. The van der Waals surface area contributed by atoms with Crippen LogP contribution in [0.25, 0.3) is 11.2 Å². The zero-order chi connectivity index (χ0) is 20.6. The molecule has 0 amide bonds. The van der Waals surface area contributed by atoms with Crippen LogP contribution in [0.4, 0.5) is 17.3 Å². The van der Waals surface area contributed by atoms with Gasteiger partial charge in [-0.05, 0) is 56.2 Å². The highest BCUT2D eigenvalue weighted by Crippen LogP contribution is 2.37. The number of rotatable bonds is 5. The third-order valence-electron chi connectivity index (χ3n) is 6.81. The van der Waals surface area contributed by atoms with Crippen LogP contribution in [0.5, 0.6) is 0 Å². The zero-order valence-electron chi connectivity index (χ0n) is 17.6. The van der Waals surface area contributed by atoms with E-state index in [-0.39, 0.29) is 0 Å². The van der Waals surface area contributed by atoms with E-state index in [9.17, 15) is 0 Å². The molecule has 5 rings (SSSR count). The van der Waals surface area contributed by atoms with Crippen LogP contribution in [0.1, 0.15) is 44.7 Å². The fraction of sp³-hybridized carbons (Fsp3) is 0.545. The lowest BCUT2D eigenvalue weighted by Crippen LogP contribution is -2.44. The molecule has 2 aliphatic rings. The van der Waals surface area contributed by atoms with E-state index >= 15 is 0 Å². The van der Waals surface area contributed by atoms with E-state index in [0.29, 0.717) is 5.41 Å². The number of anilines is 3. The molecule has 3 N–H and O–H groups in total. The van der Waals surface area contributed by atoms with Crippen molar-refractivity contribution in [1.82, 2.24) is 25.1 Å². The van der Waals surface area contributed by atoms with Crippen LogP contribution < -0.4 is 15.5 Å². The van der Waals surface area contributed by atoms with Gasteiger partial charge in [0, 0.05) is 25.8 Å². The van der Waals surface area contributed by atoms with Gasteiger partial charge in [-0.2, -0.15) is 5.10 Å². The fourth-order valence-electron chi connectivity index (χ4n) is 5.03. The molecule has 0 aromatic carbocycles. The summed E-state index contributed by atoms with van der Waals surface area (Å²) in [5, 5.41) is 7.69. The van der Waals surface area contributed by atoms with Crippen molar-refractivity contribution in [1.29, 1.82) is 0 Å². The maximum Gasteiger partial charge on any atom is 0.183 e. The Kier molecular flexibility index (Phi) is 5.02. The predicted octanol–water partition coefficient (Wildman–Crippen LogP) is 3.18. The van der Waals surface area contributed by atoms with Crippen LogP contribution in [0, 0.1) is 5.41 Å². The van der Waals surface area contributed by atoms with Gasteiger partial charge < -0.3 is 15.5 Å². The quantitative estimate of drug-likeness (QED) is 0.671. The minimum absolute atomic E-state index is 0.291. The Bertz CT molecular complexity index is 1020. The first-order valence-electron chi connectivity index (χ1n) is 11.1. The molecule has 8 heteroatoms. The van der Waals surface area contributed by atoms with Gasteiger partial charge in [0.2, 0.25) is 0 Å². The lowest BCUT2D eigenvalue weighted by atomic mass is 9.75. The molecular weight excluding hydrogens is 376 g/mol. The van der Waals surface area contributed by atoms with Crippen LogP contribution in [0.2, 0.25) is 0 Å². The molecule has 1 fully saturated rings. The molecule has 158 valence electrons. The summed E-state index contributed by atoms with van der Waals surface area (Å²) in [6, 6.07) is 4.09. The summed E-state index contributed by atoms with van der Waals surface area (Å²) in [7, 11) is 0. The second-order valence-electron chi connectivity index (χ2n) is 8.64. The molecule has 0 atom stereocenters. The van der Waals surface area contributed by atoms with Crippen LogP contribution in [-0.2, 0) is 6.42 Å². The Hall–Kier alpha value is -2.74. The van der Waals surface area contributed by atoms with Gasteiger partial charge in [-0.15, -0.1) is 0 Å². The Morgan fingerprint density at radius 2 is 2.07 bits per heavy atom.